The first-order valence-electron chi connectivity index (χ1n) is 10.4. The molecule has 190 valence electrons. The topological polar surface area (TPSA) is 192 Å². The van der Waals surface area contributed by atoms with Crippen molar-refractivity contribution >= 4 is 27.6 Å². The second kappa shape index (κ2) is 10.6. The quantitative estimate of drug-likeness (QED) is 0.276. The summed E-state index contributed by atoms with van der Waals surface area (Å²) in [6.07, 6.45) is -4.79. The number of nitrogens with one attached hydrogen (secondary N) is 2. The molecule has 2 aromatic rings. The van der Waals surface area contributed by atoms with Gasteiger partial charge in [-0.05, 0) is 29.8 Å². The Morgan fingerprint density at radius 3 is 2.40 bits per heavy atom. The molecular formula is C22H26N2O10S. The van der Waals surface area contributed by atoms with Gasteiger partial charge in [-0.1, -0.05) is 18.2 Å². The summed E-state index contributed by atoms with van der Waals surface area (Å²) in [6, 6.07) is 8.86. The Bertz CT molecular complexity index is 1200. The number of sulfonamides is 1. The summed E-state index contributed by atoms with van der Waals surface area (Å²) in [7, 11) is -3.61. The highest BCUT2D eigenvalue weighted by molar-refractivity contribution is 7.92. The molecule has 1 aliphatic heterocycles. The molecule has 6 N–H and O–H groups in total. The van der Waals surface area contributed by atoms with Crippen LogP contribution in [0.15, 0.2) is 42.5 Å². The van der Waals surface area contributed by atoms with Gasteiger partial charge < -0.3 is 35.2 Å². The van der Waals surface area contributed by atoms with Crippen LogP contribution in [0.4, 0.5) is 5.69 Å². The summed E-state index contributed by atoms with van der Waals surface area (Å²) in [5, 5.41) is 42.5. The zero-order chi connectivity index (χ0) is 25.9. The van der Waals surface area contributed by atoms with Gasteiger partial charge in [0.25, 0.3) is 0 Å². The van der Waals surface area contributed by atoms with Gasteiger partial charge in [0.1, 0.15) is 30.1 Å². The minimum Gasteiger partial charge on any atom is -0.478 e. The molecule has 0 saturated carbocycles. The van der Waals surface area contributed by atoms with Gasteiger partial charge in [0.05, 0.1) is 18.4 Å². The van der Waals surface area contributed by atoms with Crippen LogP contribution in [0.1, 0.15) is 17.3 Å². The second-order valence-electron chi connectivity index (χ2n) is 7.99. The molecule has 35 heavy (non-hydrogen) atoms. The molecule has 0 radical (unpaired) electrons. The highest BCUT2D eigenvalue weighted by Crippen LogP contribution is 2.37. The summed E-state index contributed by atoms with van der Waals surface area (Å²) < 4.78 is 37.1. The lowest BCUT2D eigenvalue weighted by Crippen LogP contribution is -2.65. The van der Waals surface area contributed by atoms with Crippen molar-refractivity contribution in [2.24, 2.45) is 0 Å². The number of carboxylic acids is 1. The predicted octanol–water partition coefficient (Wildman–Crippen LogP) is -0.254. The van der Waals surface area contributed by atoms with E-state index in [9.17, 15) is 38.4 Å². The number of amides is 1. The Balaban J connectivity index is 2.09. The maximum absolute atomic E-state index is 12.0. The Morgan fingerprint density at radius 1 is 1.11 bits per heavy atom. The van der Waals surface area contributed by atoms with Crippen molar-refractivity contribution in [3.8, 4) is 16.9 Å². The van der Waals surface area contributed by atoms with Gasteiger partial charge in [-0.2, -0.15) is 0 Å². The van der Waals surface area contributed by atoms with E-state index in [1.807, 2.05) is 0 Å². The summed E-state index contributed by atoms with van der Waals surface area (Å²) in [5.41, 5.74) is 0.367. The first kappa shape index (κ1) is 26.4. The molecule has 13 heteroatoms. The van der Waals surface area contributed by atoms with Gasteiger partial charge in [0.2, 0.25) is 22.2 Å². The third-order valence-corrected chi connectivity index (χ3v) is 5.81. The van der Waals surface area contributed by atoms with Crippen LogP contribution in [0.5, 0.6) is 5.75 Å². The normalized spacial score (nSPS) is 24.4. The number of aliphatic hydroxyl groups excluding tert-OH is 3. The van der Waals surface area contributed by atoms with E-state index in [0.29, 0.717) is 0 Å². The molecule has 0 bridgehead atoms. The van der Waals surface area contributed by atoms with Crippen LogP contribution >= 0.6 is 0 Å². The van der Waals surface area contributed by atoms with Crippen LogP contribution < -0.4 is 14.8 Å². The molecule has 3 rings (SSSR count). The lowest BCUT2D eigenvalue weighted by Gasteiger charge is -2.42. The van der Waals surface area contributed by atoms with E-state index < -0.39 is 59.2 Å². The lowest BCUT2D eigenvalue weighted by molar-refractivity contribution is -0.244. The molecule has 1 amide bonds. The van der Waals surface area contributed by atoms with Crippen LogP contribution in [0.25, 0.3) is 11.1 Å². The summed E-state index contributed by atoms with van der Waals surface area (Å²) >= 11 is 0. The van der Waals surface area contributed by atoms with Crippen LogP contribution in [-0.2, 0) is 19.6 Å². The Hall–Kier alpha value is -3.23. The van der Waals surface area contributed by atoms with Crippen molar-refractivity contribution in [1.29, 1.82) is 0 Å². The van der Waals surface area contributed by atoms with Crippen molar-refractivity contribution < 1.29 is 47.9 Å². The number of carbonyl (C=O) groups is 2. The fraction of sp³-hybridized carbons (Fsp3) is 0.364. The number of hydrogen-bond donors (Lipinski definition) is 6. The van der Waals surface area contributed by atoms with Crippen LogP contribution in [0.2, 0.25) is 0 Å². The van der Waals surface area contributed by atoms with E-state index in [2.05, 4.69) is 10.0 Å². The first-order valence-corrected chi connectivity index (χ1v) is 12.3. The third-order valence-electron chi connectivity index (χ3n) is 5.21. The van der Waals surface area contributed by atoms with E-state index in [0.717, 1.165) is 6.26 Å². The third kappa shape index (κ3) is 6.26. The van der Waals surface area contributed by atoms with Gasteiger partial charge in [0.15, 0.2) is 0 Å². The number of carbonyl (C=O) groups excluding carboxylic acids is 1. The Morgan fingerprint density at radius 2 is 1.80 bits per heavy atom. The zero-order valence-corrected chi connectivity index (χ0v) is 19.6. The summed E-state index contributed by atoms with van der Waals surface area (Å²) in [5.74, 6) is -1.87. The van der Waals surface area contributed by atoms with Crippen molar-refractivity contribution in [1.82, 2.24) is 5.32 Å². The first-order chi connectivity index (χ1) is 16.4. The molecule has 2 aromatic carbocycles. The number of aromatic carboxylic acids is 1. The molecule has 0 aromatic heterocycles. The SMILES string of the molecule is CC(=O)NC1C(O)[C@@H](O)C(CO)O[C@H]1Oc1cccc(C(=O)O)c1-c1cccc(NS(C)(=O)=O)c1. The fourth-order valence-electron chi connectivity index (χ4n) is 3.75. The monoisotopic (exact) mass is 510 g/mol. The van der Waals surface area contributed by atoms with E-state index in [1.54, 1.807) is 6.07 Å². The minimum atomic E-state index is -3.61. The second-order valence-corrected chi connectivity index (χ2v) is 9.74. The standard InChI is InChI=1S/C22H26N2O10S/c1-11(26)23-18-20(28)19(27)16(10-25)34-22(18)33-15-8-4-7-14(21(29)30)17(15)12-5-3-6-13(9-12)24-35(2,31)32/h3-9,16,18-20,22,24-25,27-28H,10H2,1-2H3,(H,23,26)(H,29,30)/t16?,18?,19-,20?,22+/m0/s1. The molecule has 1 heterocycles. The number of rotatable bonds is 8. The fourth-order valence-corrected chi connectivity index (χ4v) is 4.31. The number of ether oxygens (including phenoxy) is 2. The lowest BCUT2D eigenvalue weighted by atomic mass is 9.96. The highest BCUT2D eigenvalue weighted by atomic mass is 32.2. The minimum absolute atomic E-state index is 0.0259. The molecule has 1 fully saturated rings. The Kier molecular flexibility index (Phi) is 7.97. The number of benzene rings is 2. The summed E-state index contributed by atoms with van der Waals surface area (Å²) in [4.78, 5) is 23.7. The molecule has 0 spiro atoms. The predicted molar refractivity (Wildman–Crippen MR) is 123 cm³/mol. The molecule has 12 nitrogen and oxygen atoms in total. The molecule has 0 aliphatic carbocycles. The van der Waals surface area contributed by atoms with Gasteiger partial charge in [-0.15, -0.1) is 0 Å². The maximum Gasteiger partial charge on any atom is 0.336 e. The van der Waals surface area contributed by atoms with E-state index in [-0.39, 0.29) is 28.1 Å². The van der Waals surface area contributed by atoms with Crippen molar-refractivity contribution in [2.75, 3.05) is 17.6 Å². The van der Waals surface area contributed by atoms with E-state index in [4.69, 9.17) is 9.47 Å². The zero-order valence-electron chi connectivity index (χ0n) is 18.8. The van der Waals surface area contributed by atoms with Crippen LogP contribution in [0.3, 0.4) is 0 Å². The van der Waals surface area contributed by atoms with Gasteiger partial charge in [-0.3, -0.25) is 9.52 Å². The average molecular weight is 511 g/mol. The number of aliphatic hydroxyl groups is 3. The highest BCUT2D eigenvalue weighted by Gasteiger charge is 2.46. The maximum atomic E-state index is 12.0. The van der Waals surface area contributed by atoms with E-state index >= 15 is 0 Å². The van der Waals surface area contributed by atoms with Gasteiger partial charge in [0, 0.05) is 18.2 Å². The molecule has 1 saturated heterocycles. The number of hydrogen-bond acceptors (Lipinski definition) is 9. The van der Waals surface area contributed by atoms with Crippen LogP contribution in [0, 0.1) is 0 Å². The van der Waals surface area contributed by atoms with Gasteiger partial charge in [-0.25, -0.2) is 13.2 Å². The van der Waals surface area contributed by atoms with Crippen LogP contribution in [-0.4, -0.2) is 84.2 Å². The molecule has 3 unspecified atom stereocenters. The summed E-state index contributed by atoms with van der Waals surface area (Å²) in [6.45, 7) is 0.525. The molecular weight excluding hydrogens is 484 g/mol. The van der Waals surface area contributed by atoms with Crippen molar-refractivity contribution in [3.05, 3.63) is 48.0 Å². The van der Waals surface area contributed by atoms with Gasteiger partial charge >= 0.3 is 5.97 Å². The smallest absolute Gasteiger partial charge is 0.336 e. The number of carboxylic acid groups (broad SMARTS) is 1. The van der Waals surface area contributed by atoms with Crippen molar-refractivity contribution in [2.45, 2.75) is 37.6 Å². The molecule has 1 aliphatic rings. The largest absolute Gasteiger partial charge is 0.478 e. The van der Waals surface area contributed by atoms with Crippen molar-refractivity contribution in [3.63, 3.8) is 0 Å². The molecule has 5 atom stereocenters. The number of anilines is 1. The van der Waals surface area contributed by atoms with E-state index in [1.165, 1.54) is 43.3 Å². The Labute approximate surface area is 201 Å². The average Bonchev–Trinajstić information content (AvgIpc) is 2.77.